The van der Waals surface area contributed by atoms with Crippen molar-refractivity contribution in [2.75, 3.05) is 18.0 Å². The van der Waals surface area contributed by atoms with Gasteiger partial charge in [0.1, 0.15) is 5.82 Å². The van der Waals surface area contributed by atoms with Crippen molar-refractivity contribution in [3.05, 3.63) is 69.0 Å². The molecule has 1 saturated heterocycles. The number of fused-ring (bicyclic) bond motifs is 1. The van der Waals surface area contributed by atoms with Crippen LogP contribution in [0, 0.1) is 17.5 Å². The molecule has 1 aliphatic rings. The van der Waals surface area contributed by atoms with Gasteiger partial charge < -0.3 is 15.2 Å². The lowest BCUT2D eigenvalue weighted by molar-refractivity contribution is -0.122. The predicted molar refractivity (Wildman–Crippen MR) is 123 cm³/mol. The lowest BCUT2D eigenvalue weighted by atomic mass is 10.0. The molecule has 0 bridgehead atoms. The SMILES string of the molecule is Cc1ccc(F)c(N2CCCC(NC(=O)CCn3c(=S)[nH]c4ccccc4c3=O)C2)c1. The molecule has 1 aromatic heterocycles. The summed E-state index contributed by atoms with van der Waals surface area (Å²) in [6, 6.07) is 12.2. The minimum absolute atomic E-state index is 0.0657. The number of carbonyl (C=O) groups excluding carboxylic acids is 1. The van der Waals surface area contributed by atoms with Crippen LogP contribution >= 0.6 is 12.2 Å². The van der Waals surface area contributed by atoms with Gasteiger partial charge in [-0.1, -0.05) is 18.2 Å². The molecule has 31 heavy (non-hydrogen) atoms. The van der Waals surface area contributed by atoms with Gasteiger partial charge in [0.25, 0.3) is 5.56 Å². The number of nitrogens with one attached hydrogen (secondary N) is 2. The second kappa shape index (κ2) is 9.01. The van der Waals surface area contributed by atoms with Gasteiger partial charge in [-0.15, -0.1) is 0 Å². The highest BCUT2D eigenvalue weighted by molar-refractivity contribution is 7.71. The predicted octanol–water partition coefficient (Wildman–Crippen LogP) is 3.68. The lowest BCUT2D eigenvalue weighted by Crippen LogP contribution is -2.48. The number of rotatable bonds is 5. The molecule has 4 rings (SSSR count). The van der Waals surface area contributed by atoms with Crippen molar-refractivity contribution in [2.45, 2.75) is 38.8 Å². The summed E-state index contributed by atoms with van der Waals surface area (Å²) in [5.41, 5.74) is 2.06. The van der Waals surface area contributed by atoms with E-state index >= 15 is 0 Å². The molecule has 0 spiro atoms. The van der Waals surface area contributed by atoms with Gasteiger partial charge in [-0.25, -0.2) is 4.39 Å². The Morgan fingerprint density at radius 3 is 2.94 bits per heavy atom. The zero-order valence-corrected chi connectivity index (χ0v) is 18.2. The van der Waals surface area contributed by atoms with E-state index in [1.165, 1.54) is 10.6 Å². The summed E-state index contributed by atoms with van der Waals surface area (Å²) in [4.78, 5) is 30.3. The monoisotopic (exact) mass is 440 g/mol. The van der Waals surface area contributed by atoms with E-state index in [-0.39, 0.29) is 36.3 Å². The second-order valence-electron chi connectivity index (χ2n) is 7.99. The van der Waals surface area contributed by atoms with Gasteiger partial charge in [-0.3, -0.25) is 14.2 Å². The van der Waals surface area contributed by atoms with Crippen LogP contribution in [0.3, 0.4) is 0 Å². The highest BCUT2D eigenvalue weighted by atomic mass is 32.1. The highest BCUT2D eigenvalue weighted by Gasteiger charge is 2.23. The van der Waals surface area contributed by atoms with E-state index in [9.17, 15) is 14.0 Å². The summed E-state index contributed by atoms with van der Waals surface area (Å²) in [5, 5.41) is 3.58. The molecular formula is C23H25FN4O2S. The van der Waals surface area contributed by atoms with E-state index < -0.39 is 0 Å². The summed E-state index contributed by atoms with van der Waals surface area (Å²) in [5.74, 6) is -0.395. The molecule has 2 N–H and O–H groups in total. The molecule has 2 aromatic carbocycles. The number of nitrogens with zero attached hydrogens (tertiary/aromatic N) is 2. The molecule has 162 valence electrons. The fourth-order valence-electron chi connectivity index (χ4n) is 4.09. The summed E-state index contributed by atoms with van der Waals surface area (Å²) in [6.45, 7) is 3.45. The number of amides is 1. The summed E-state index contributed by atoms with van der Waals surface area (Å²) >= 11 is 5.31. The first-order chi connectivity index (χ1) is 14.9. The molecule has 1 fully saturated rings. The topological polar surface area (TPSA) is 70.1 Å². The third-order valence-corrected chi connectivity index (χ3v) is 6.00. The first-order valence-electron chi connectivity index (χ1n) is 10.4. The van der Waals surface area contributed by atoms with Gasteiger partial charge in [0.2, 0.25) is 5.91 Å². The number of halogens is 1. The van der Waals surface area contributed by atoms with E-state index in [2.05, 4.69) is 10.3 Å². The number of aromatic nitrogens is 2. The van der Waals surface area contributed by atoms with Crippen molar-refractivity contribution in [1.82, 2.24) is 14.9 Å². The number of piperidine rings is 1. The molecule has 1 atom stereocenters. The highest BCUT2D eigenvalue weighted by Crippen LogP contribution is 2.24. The number of benzene rings is 2. The van der Waals surface area contributed by atoms with Crippen LogP contribution in [0.2, 0.25) is 0 Å². The first-order valence-corrected chi connectivity index (χ1v) is 10.9. The molecule has 0 saturated carbocycles. The molecule has 8 heteroatoms. The Morgan fingerprint density at radius 1 is 1.29 bits per heavy atom. The zero-order valence-electron chi connectivity index (χ0n) is 17.4. The maximum absolute atomic E-state index is 14.3. The number of aromatic amines is 1. The van der Waals surface area contributed by atoms with E-state index in [0.29, 0.717) is 27.9 Å². The van der Waals surface area contributed by atoms with Crippen molar-refractivity contribution in [3.8, 4) is 0 Å². The molecule has 1 aliphatic heterocycles. The average Bonchev–Trinajstić information content (AvgIpc) is 2.75. The van der Waals surface area contributed by atoms with Crippen LogP contribution in [-0.4, -0.2) is 34.6 Å². The Balaban J connectivity index is 1.40. The average molecular weight is 441 g/mol. The number of aryl methyl sites for hydroxylation is 1. The molecule has 6 nitrogen and oxygen atoms in total. The van der Waals surface area contributed by atoms with Crippen molar-refractivity contribution >= 4 is 34.7 Å². The fourth-order valence-corrected chi connectivity index (χ4v) is 4.38. The molecule has 1 amide bonds. The van der Waals surface area contributed by atoms with Crippen LogP contribution in [0.5, 0.6) is 0 Å². The fraction of sp³-hybridized carbons (Fsp3) is 0.348. The molecule has 0 aliphatic carbocycles. The van der Waals surface area contributed by atoms with Gasteiger partial charge in [-0.05, 0) is 61.8 Å². The van der Waals surface area contributed by atoms with Crippen LogP contribution in [0.4, 0.5) is 10.1 Å². The molecular weight excluding hydrogens is 415 g/mol. The number of H-pyrrole nitrogens is 1. The van der Waals surface area contributed by atoms with Crippen molar-refractivity contribution < 1.29 is 9.18 Å². The van der Waals surface area contributed by atoms with Gasteiger partial charge in [0, 0.05) is 32.1 Å². The smallest absolute Gasteiger partial charge is 0.262 e. The van der Waals surface area contributed by atoms with Gasteiger partial charge in [-0.2, -0.15) is 0 Å². The van der Waals surface area contributed by atoms with Crippen molar-refractivity contribution in [1.29, 1.82) is 0 Å². The van der Waals surface area contributed by atoms with Crippen LogP contribution in [0.25, 0.3) is 10.9 Å². The van der Waals surface area contributed by atoms with E-state index in [1.807, 2.05) is 24.0 Å². The van der Waals surface area contributed by atoms with E-state index in [4.69, 9.17) is 12.2 Å². The Bertz CT molecular complexity index is 1240. The number of hydrogen-bond donors (Lipinski definition) is 2. The van der Waals surface area contributed by atoms with Gasteiger partial charge in [0.05, 0.1) is 16.6 Å². The zero-order chi connectivity index (χ0) is 22.0. The Labute approximate surface area is 184 Å². The normalized spacial score (nSPS) is 16.5. The largest absolute Gasteiger partial charge is 0.367 e. The third kappa shape index (κ3) is 4.69. The maximum Gasteiger partial charge on any atom is 0.262 e. The Hall–Kier alpha value is -3.00. The lowest BCUT2D eigenvalue weighted by Gasteiger charge is -2.35. The number of hydrogen-bond acceptors (Lipinski definition) is 4. The molecule has 3 aromatic rings. The first kappa shape index (κ1) is 21.2. The Morgan fingerprint density at radius 2 is 2.10 bits per heavy atom. The standard InChI is InChI=1S/C23H25FN4O2S/c1-15-8-9-18(24)20(13-15)27-11-4-5-16(14-27)25-21(29)10-12-28-22(30)17-6-2-3-7-19(17)26-23(28)31/h2-3,6-9,13,16H,4-5,10-12,14H2,1H3,(H,25,29)(H,26,31). The van der Waals surface area contributed by atoms with Crippen LogP contribution in [0.15, 0.2) is 47.3 Å². The molecule has 2 heterocycles. The minimum Gasteiger partial charge on any atom is -0.367 e. The van der Waals surface area contributed by atoms with E-state index in [1.54, 1.807) is 24.3 Å². The van der Waals surface area contributed by atoms with Gasteiger partial charge in [0.15, 0.2) is 4.77 Å². The van der Waals surface area contributed by atoms with Crippen molar-refractivity contribution in [2.24, 2.45) is 0 Å². The van der Waals surface area contributed by atoms with Crippen LogP contribution < -0.4 is 15.8 Å². The van der Waals surface area contributed by atoms with Crippen LogP contribution in [0.1, 0.15) is 24.8 Å². The summed E-state index contributed by atoms with van der Waals surface area (Å²) in [6.07, 6.45) is 1.85. The second-order valence-corrected chi connectivity index (χ2v) is 8.38. The maximum atomic E-state index is 14.3. The third-order valence-electron chi connectivity index (χ3n) is 5.68. The number of carbonyl (C=O) groups is 1. The molecule has 1 unspecified atom stereocenters. The number of anilines is 1. The minimum atomic E-state index is -0.248. The molecule has 0 radical (unpaired) electrons. The van der Waals surface area contributed by atoms with Crippen LogP contribution in [-0.2, 0) is 11.3 Å². The van der Waals surface area contributed by atoms with E-state index in [0.717, 1.165) is 24.9 Å². The summed E-state index contributed by atoms with van der Waals surface area (Å²) < 4.78 is 16.0. The number of para-hydroxylation sites is 1. The quantitative estimate of drug-likeness (QED) is 0.594. The van der Waals surface area contributed by atoms with Crippen molar-refractivity contribution in [3.63, 3.8) is 0 Å². The van der Waals surface area contributed by atoms with Gasteiger partial charge >= 0.3 is 0 Å². The summed E-state index contributed by atoms with van der Waals surface area (Å²) in [7, 11) is 0. The Kier molecular flexibility index (Phi) is 6.18.